The minimum absolute atomic E-state index is 0.0154. The Morgan fingerprint density at radius 2 is 1.95 bits per heavy atom. The molecule has 1 aromatic carbocycles. The molecule has 2 aliphatic heterocycles. The number of benzene rings is 1. The van der Waals surface area contributed by atoms with Crippen LogP contribution >= 0.6 is 0 Å². The topological polar surface area (TPSA) is 98.8 Å². The second-order valence-corrected chi connectivity index (χ2v) is 5.27. The van der Waals surface area contributed by atoms with E-state index >= 15 is 0 Å². The van der Waals surface area contributed by atoms with Crippen LogP contribution in [0, 0.1) is 0 Å². The smallest absolute Gasteiger partial charge is 0.345 e. The molecule has 2 aliphatic rings. The van der Waals surface area contributed by atoms with E-state index in [9.17, 15) is 19.2 Å². The lowest BCUT2D eigenvalue weighted by Gasteiger charge is -2.17. The molecule has 0 bridgehead atoms. The highest BCUT2D eigenvalue weighted by Gasteiger charge is 2.55. The summed E-state index contributed by atoms with van der Waals surface area (Å²) in [6.45, 7) is 0. The van der Waals surface area contributed by atoms with Crippen LogP contribution in [-0.4, -0.2) is 35.5 Å². The van der Waals surface area contributed by atoms with Gasteiger partial charge in [-0.25, -0.2) is 9.59 Å². The molecule has 3 rings (SSSR count). The largest absolute Gasteiger partial charge is 0.449 e. The molecule has 2 saturated heterocycles. The van der Waals surface area contributed by atoms with E-state index in [0.29, 0.717) is 0 Å². The van der Waals surface area contributed by atoms with E-state index in [0.717, 1.165) is 0 Å². The third kappa shape index (κ3) is 2.45. The second-order valence-electron chi connectivity index (χ2n) is 5.27. The Morgan fingerprint density at radius 1 is 1.23 bits per heavy atom. The van der Waals surface area contributed by atoms with Crippen LogP contribution in [0.2, 0.25) is 0 Å². The molecule has 1 spiro atoms. The SMILES string of the molecule is O=C1CC[C@@]2(C[C@@H](C(=O)OC(=O)c3ccccc3)NC2=O)O1. The highest BCUT2D eigenvalue weighted by Crippen LogP contribution is 2.35. The number of carbonyl (C=O) groups is 4. The molecule has 2 fully saturated rings. The monoisotopic (exact) mass is 303 g/mol. The molecule has 0 unspecified atom stereocenters. The maximum Gasteiger partial charge on any atom is 0.345 e. The zero-order valence-electron chi connectivity index (χ0n) is 11.5. The Balaban J connectivity index is 1.66. The van der Waals surface area contributed by atoms with Crippen molar-refractivity contribution in [3.05, 3.63) is 35.9 Å². The molecule has 0 radical (unpaired) electrons. The molecule has 22 heavy (non-hydrogen) atoms. The average molecular weight is 303 g/mol. The fourth-order valence-corrected chi connectivity index (χ4v) is 2.63. The van der Waals surface area contributed by atoms with Gasteiger partial charge in [-0.05, 0) is 12.1 Å². The van der Waals surface area contributed by atoms with Crippen LogP contribution in [0.4, 0.5) is 0 Å². The Hall–Kier alpha value is -2.70. The number of esters is 3. The van der Waals surface area contributed by atoms with Gasteiger partial charge in [-0.1, -0.05) is 18.2 Å². The fraction of sp³-hybridized carbons (Fsp3) is 0.333. The standard InChI is InChI=1S/C15H13NO6/c17-11-6-7-15(22-11)8-10(16-14(15)20)13(19)21-12(18)9-4-2-1-3-5-9/h1-5,10H,6-8H2,(H,16,20)/t10-,15-/m0/s1. The van der Waals surface area contributed by atoms with Gasteiger partial charge < -0.3 is 14.8 Å². The number of rotatable bonds is 2. The zero-order chi connectivity index (χ0) is 15.7. The number of nitrogens with one attached hydrogen (secondary N) is 1. The molecule has 0 saturated carbocycles. The van der Waals surface area contributed by atoms with Crippen molar-refractivity contribution in [3.8, 4) is 0 Å². The number of amides is 1. The van der Waals surface area contributed by atoms with Crippen LogP contribution < -0.4 is 5.32 Å². The van der Waals surface area contributed by atoms with E-state index in [1.807, 2.05) is 0 Å². The van der Waals surface area contributed by atoms with Gasteiger partial charge in [0, 0.05) is 19.3 Å². The van der Waals surface area contributed by atoms with Gasteiger partial charge in [-0.2, -0.15) is 0 Å². The average Bonchev–Trinajstić information content (AvgIpc) is 3.04. The van der Waals surface area contributed by atoms with Gasteiger partial charge in [-0.15, -0.1) is 0 Å². The molecule has 1 aromatic rings. The van der Waals surface area contributed by atoms with Crippen LogP contribution in [0.3, 0.4) is 0 Å². The van der Waals surface area contributed by atoms with E-state index in [1.54, 1.807) is 18.2 Å². The Bertz CT molecular complexity index is 655. The van der Waals surface area contributed by atoms with Crippen molar-refractivity contribution in [2.24, 2.45) is 0 Å². The summed E-state index contributed by atoms with van der Waals surface area (Å²) >= 11 is 0. The van der Waals surface area contributed by atoms with Crippen LogP contribution in [0.25, 0.3) is 0 Å². The molecule has 7 nitrogen and oxygen atoms in total. The lowest BCUT2D eigenvalue weighted by Crippen LogP contribution is -2.38. The summed E-state index contributed by atoms with van der Waals surface area (Å²) in [4.78, 5) is 47.0. The highest BCUT2D eigenvalue weighted by molar-refractivity contribution is 6.02. The highest BCUT2D eigenvalue weighted by atomic mass is 16.6. The van der Waals surface area contributed by atoms with E-state index in [-0.39, 0.29) is 24.8 Å². The van der Waals surface area contributed by atoms with Gasteiger partial charge in [0.1, 0.15) is 6.04 Å². The van der Waals surface area contributed by atoms with E-state index in [4.69, 9.17) is 9.47 Å². The van der Waals surface area contributed by atoms with Crippen molar-refractivity contribution >= 4 is 23.8 Å². The van der Waals surface area contributed by atoms with E-state index in [2.05, 4.69) is 5.32 Å². The molecule has 2 atom stereocenters. The number of hydrogen-bond acceptors (Lipinski definition) is 6. The van der Waals surface area contributed by atoms with Gasteiger partial charge in [0.05, 0.1) is 5.56 Å². The van der Waals surface area contributed by atoms with Crippen LogP contribution in [0.15, 0.2) is 30.3 Å². The second kappa shape index (κ2) is 5.25. The predicted octanol–water partition coefficient (Wildman–Crippen LogP) is 0.334. The fourth-order valence-electron chi connectivity index (χ4n) is 2.63. The minimum atomic E-state index is -1.30. The van der Waals surface area contributed by atoms with E-state index < -0.39 is 35.5 Å². The summed E-state index contributed by atoms with van der Waals surface area (Å²) in [5.41, 5.74) is -1.06. The Labute approximate surface area is 125 Å². The summed E-state index contributed by atoms with van der Waals surface area (Å²) in [5.74, 6) is -2.64. The first-order valence-corrected chi connectivity index (χ1v) is 6.84. The molecule has 0 aromatic heterocycles. The van der Waals surface area contributed by atoms with Crippen molar-refractivity contribution in [2.75, 3.05) is 0 Å². The summed E-state index contributed by atoms with van der Waals surface area (Å²) in [5, 5.41) is 2.42. The van der Waals surface area contributed by atoms with Gasteiger partial charge >= 0.3 is 17.9 Å². The predicted molar refractivity (Wildman–Crippen MR) is 71.5 cm³/mol. The number of carbonyl (C=O) groups excluding carboxylic acids is 4. The lowest BCUT2D eigenvalue weighted by atomic mass is 9.96. The van der Waals surface area contributed by atoms with Crippen molar-refractivity contribution in [2.45, 2.75) is 30.9 Å². The molecule has 7 heteroatoms. The van der Waals surface area contributed by atoms with Gasteiger partial charge in [0.15, 0.2) is 5.60 Å². The quantitative estimate of drug-likeness (QED) is 0.624. The molecule has 114 valence electrons. The number of ether oxygens (including phenoxy) is 2. The first-order chi connectivity index (χ1) is 10.5. The third-order valence-corrected chi connectivity index (χ3v) is 3.78. The van der Waals surface area contributed by atoms with Crippen LogP contribution in [0.5, 0.6) is 0 Å². The van der Waals surface area contributed by atoms with Crippen LogP contribution in [0.1, 0.15) is 29.6 Å². The summed E-state index contributed by atoms with van der Waals surface area (Å²) in [6, 6.07) is 7.06. The van der Waals surface area contributed by atoms with Gasteiger partial charge in [0.25, 0.3) is 5.91 Å². The lowest BCUT2D eigenvalue weighted by molar-refractivity contribution is -0.155. The number of hydrogen-bond donors (Lipinski definition) is 1. The molecule has 1 N–H and O–H groups in total. The van der Waals surface area contributed by atoms with Crippen molar-refractivity contribution in [1.29, 1.82) is 0 Å². The summed E-state index contributed by atoms with van der Waals surface area (Å²) < 4.78 is 9.81. The first-order valence-electron chi connectivity index (χ1n) is 6.84. The minimum Gasteiger partial charge on any atom is -0.449 e. The molecular weight excluding hydrogens is 290 g/mol. The van der Waals surface area contributed by atoms with Crippen molar-refractivity contribution in [3.63, 3.8) is 0 Å². The van der Waals surface area contributed by atoms with Crippen molar-refractivity contribution in [1.82, 2.24) is 5.32 Å². The zero-order valence-corrected chi connectivity index (χ0v) is 11.5. The summed E-state index contributed by atoms with van der Waals surface area (Å²) in [7, 11) is 0. The Morgan fingerprint density at radius 3 is 2.59 bits per heavy atom. The Kier molecular flexibility index (Phi) is 3.40. The third-order valence-electron chi connectivity index (χ3n) is 3.78. The summed E-state index contributed by atoms with van der Waals surface area (Å²) in [6.07, 6.45) is 0.352. The van der Waals surface area contributed by atoms with Crippen LogP contribution in [-0.2, 0) is 23.9 Å². The first kappa shape index (κ1) is 14.2. The van der Waals surface area contributed by atoms with Crippen molar-refractivity contribution < 1.29 is 28.7 Å². The molecular formula is C15H13NO6. The van der Waals surface area contributed by atoms with Gasteiger partial charge in [0.2, 0.25) is 0 Å². The van der Waals surface area contributed by atoms with Gasteiger partial charge in [-0.3, -0.25) is 9.59 Å². The van der Waals surface area contributed by atoms with E-state index in [1.165, 1.54) is 12.1 Å². The molecule has 2 heterocycles. The maximum atomic E-state index is 12.0. The molecule has 0 aliphatic carbocycles. The molecule has 1 amide bonds. The normalized spacial score (nSPS) is 26.6. The maximum absolute atomic E-state index is 12.0.